The van der Waals surface area contributed by atoms with Gasteiger partial charge in [0.2, 0.25) is 0 Å². The highest BCUT2D eigenvalue weighted by atomic mass is 16.5. The van der Waals surface area contributed by atoms with Gasteiger partial charge < -0.3 is 4.74 Å². The Morgan fingerprint density at radius 3 is 2.77 bits per heavy atom. The van der Waals surface area contributed by atoms with E-state index in [2.05, 4.69) is 19.1 Å². The fourth-order valence-corrected chi connectivity index (χ4v) is 1.30. The zero-order chi connectivity index (χ0) is 9.68. The zero-order valence-corrected chi connectivity index (χ0v) is 8.50. The third kappa shape index (κ3) is 2.35. The van der Waals surface area contributed by atoms with Gasteiger partial charge in [-0.15, -0.1) is 0 Å². The fourth-order valence-electron chi connectivity index (χ4n) is 1.30. The van der Waals surface area contributed by atoms with Crippen LogP contribution in [0.4, 0.5) is 0 Å². The summed E-state index contributed by atoms with van der Waals surface area (Å²) < 4.78 is 5.49. The van der Waals surface area contributed by atoms with Crippen molar-refractivity contribution in [1.29, 1.82) is 0 Å². The van der Waals surface area contributed by atoms with E-state index in [4.69, 9.17) is 4.74 Å². The van der Waals surface area contributed by atoms with Gasteiger partial charge in [0.1, 0.15) is 5.75 Å². The normalized spacial score (nSPS) is 10.7. The molecule has 0 aromatic heterocycles. The summed E-state index contributed by atoms with van der Waals surface area (Å²) in [5.74, 6) is 0.984. The highest BCUT2D eigenvalue weighted by Crippen LogP contribution is 2.22. The summed E-state index contributed by atoms with van der Waals surface area (Å²) in [6.45, 7) is 6.83. The van der Waals surface area contributed by atoms with Gasteiger partial charge in [0.15, 0.2) is 0 Å². The summed E-state index contributed by atoms with van der Waals surface area (Å²) in [5, 5.41) is 0. The fraction of sp³-hybridized carbons (Fsp3) is 0.333. The van der Waals surface area contributed by atoms with Crippen molar-refractivity contribution in [3.05, 3.63) is 35.4 Å². The molecule has 0 aliphatic carbocycles. The second-order valence-corrected chi connectivity index (χ2v) is 2.90. The number of rotatable bonds is 3. The maximum absolute atomic E-state index is 5.49. The predicted octanol–water partition coefficient (Wildman–Crippen LogP) is 3.43. The number of benzene rings is 1. The van der Waals surface area contributed by atoms with E-state index in [0.717, 1.165) is 12.4 Å². The SMILES string of the molecule is C/C=C/c1cccc(OCC)c1C. The van der Waals surface area contributed by atoms with E-state index < -0.39 is 0 Å². The smallest absolute Gasteiger partial charge is 0.122 e. The average Bonchev–Trinajstić information content (AvgIpc) is 2.13. The number of ether oxygens (including phenoxy) is 1. The van der Waals surface area contributed by atoms with Crippen molar-refractivity contribution in [2.45, 2.75) is 20.8 Å². The Labute approximate surface area is 80.0 Å². The molecule has 1 nitrogen and oxygen atoms in total. The molecule has 0 fully saturated rings. The van der Waals surface area contributed by atoms with Crippen LogP contribution in [-0.2, 0) is 0 Å². The van der Waals surface area contributed by atoms with E-state index >= 15 is 0 Å². The maximum Gasteiger partial charge on any atom is 0.122 e. The van der Waals surface area contributed by atoms with Crippen LogP contribution in [0.3, 0.4) is 0 Å². The number of hydrogen-bond acceptors (Lipinski definition) is 1. The van der Waals surface area contributed by atoms with Crippen LogP contribution in [0, 0.1) is 6.92 Å². The molecule has 0 heterocycles. The van der Waals surface area contributed by atoms with Gasteiger partial charge in [-0.3, -0.25) is 0 Å². The van der Waals surface area contributed by atoms with Gasteiger partial charge in [-0.05, 0) is 38.0 Å². The first-order valence-electron chi connectivity index (χ1n) is 4.64. The Hall–Kier alpha value is -1.24. The van der Waals surface area contributed by atoms with Crippen LogP contribution >= 0.6 is 0 Å². The molecule has 0 saturated heterocycles. The average molecular weight is 176 g/mol. The van der Waals surface area contributed by atoms with Crippen molar-refractivity contribution in [2.24, 2.45) is 0 Å². The first kappa shape index (κ1) is 9.85. The summed E-state index contributed by atoms with van der Waals surface area (Å²) in [6, 6.07) is 6.12. The minimum Gasteiger partial charge on any atom is -0.494 e. The van der Waals surface area contributed by atoms with Crippen LogP contribution in [0.2, 0.25) is 0 Å². The lowest BCUT2D eigenvalue weighted by Gasteiger charge is -2.08. The van der Waals surface area contributed by atoms with Gasteiger partial charge >= 0.3 is 0 Å². The van der Waals surface area contributed by atoms with Gasteiger partial charge in [0.05, 0.1) is 6.61 Å². The lowest BCUT2D eigenvalue weighted by atomic mass is 10.1. The Morgan fingerprint density at radius 2 is 2.15 bits per heavy atom. The molecule has 0 atom stereocenters. The summed E-state index contributed by atoms with van der Waals surface area (Å²) in [7, 11) is 0. The molecule has 0 bridgehead atoms. The lowest BCUT2D eigenvalue weighted by Crippen LogP contribution is -1.94. The highest BCUT2D eigenvalue weighted by molar-refractivity contribution is 5.57. The molecule has 0 unspecified atom stereocenters. The zero-order valence-electron chi connectivity index (χ0n) is 8.50. The number of hydrogen-bond donors (Lipinski definition) is 0. The molecule has 1 aromatic carbocycles. The quantitative estimate of drug-likeness (QED) is 0.685. The van der Waals surface area contributed by atoms with E-state index in [1.165, 1.54) is 11.1 Å². The summed E-state index contributed by atoms with van der Waals surface area (Å²) in [4.78, 5) is 0. The monoisotopic (exact) mass is 176 g/mol. The number of allylic oxidation sites excluding steroid dienone is 1. The first-order valence-corrected chi connectivity index (χ1v) is 4.64. The van der Waals surface area contributed by atoms with E-state index in [-0.39, 0.29) is 0 Å². The minimum absolute atomic E-state index is 0.722. The van der Waals surface area contributed by atoms with Gasteiger partial charge in [0.25, 0.3) is 0 Å². The standard InChI is InChI=1S/C12H16O/c1-4-7-11-8-6-9-12(10(11)3)13-5-2/h4,6-9H,5H2,1-3H3/b7-4+. The van der Waals surface area contributed by atoms with Gasteiger partial charge in [-0.1, -0.05) is 24.3 Å². The van der Waals surface area contributed by atoms with Crippen molar-refractivity contribution >= 4 is 6.08 Å². The molecule has 0 aliphatic rings. The van der Waals surface area contributed by atoms with Crippen LogP contribution in [-0.4, -0.2) is 6.61 Å². The minimum atomic E-state index is 0.722. The van der Waals surface area contributed by atoms with Crippen LogP contribution in [0.15, 0.2) is 24.3 Å². The van der Waals surface area contributed by atoms with Crippen LogP contribution in [0.5, 0.6) is 5.75 Å². The molecule has 0 N–H and O–H groups in total. The van der Waals surface area contributed by atoms with Crippen molar-refractivity contribution in [3.8, 4) is 5.75 Å². The van der Waals surface area contributed by atoms with E-state index in [1.54, 1.807) is 0 Å². The summed E-state index contributed by atoms with van der Waals surface area (Å²) >= 11 is 0. The molecular formula is C12H16O. The Bertz CT molecular complexity index is 300. The Balaban J connectivity index is 3.03. The molecule has 0 saturated carbocycles. The third-order valence-corrected chi connectivity index (χ3v) is 1.97. The molecule has 0 radical (unpaired) electrons. The Morgan fingerprint density at radius 1 is 1.38 bits per heavy atom. The summed E-state index contributed by atoms with van der Waals surface area (Å²) in [5.41, 5.74) is 2.44. The second-order valence-electron chi connectivity index (χ2n) is 2.90. The van der Waals surface area contributed by atoms with Crippen LogP contribution < -0.4 is 4.74 Å². The predicted molar refractivity (Wildman–Crippen MR) is 57.1 cm³/mol. The van der Waals surface area contributed by atoms with Crippen molar-refractivity contribution < 1.29 is 4.74 Å². The molecule has 1 aromatic rings. The molecule has 0 aliphatic heterocycles. The largest absolute Gasteiger partial charge is 0.494 e. The van der Waals surface area contributed by atoms with Gasteiger partial charge in [-0.25, -0.2) is 0 Å². The van der Waals surface area contributed by atoms with Crippen LogP contribution in [0.1, 0.15) is 25.0 Å². The van der Waals surface area contributed by atoms with Crippen molar-refractivity contribution in [2.75, 3.05) is 6.61 Å². The second kappa shape index (κ2) is 4.70. The van der Waals surface area contributed by atoms with Gasteiger partial charge in [-0.2, -0.15) is 0 Å². The molecule has 70 valence electrons. The first-order chi connectivity index (χ1) is 6.29. The molecule has 13 heavy (non-hydrogen) atoms. The molecule has 0 spiro atoms. The highest BCUT2D eigenvalue weighted by Gasteiger charge is 2.00. The topological polar surface area (TPSA) is 9.23 Å². The third-order valence-electron chi connectivity index (χ3n) is 1.97. The molecule has 0 amide bonds. The van der Waals surface area contributed by atoms with Crippen LogP contribution in [0.25, 0.3) is 6.08 Å². The molecular weight excluding hydrogens is 160 g/mol. The van der Waals surface area contributed by atoms with Crippen molar-refractivity contribution in [1.82, 2.24) is 0 Å². The molecule has 1 heteroatoms. The maximum atomic E-state index is 5.49. The van der Waals surface area contributed by atoms with E-state index in [0.29, 0.717) is 0 Å². The van der Waals surface area contributed by atoms with Crippen molar-refractivity contribution in [3.63, 3.8) is 0 Å². The Kier molecular flexibility index (Phi) is 3.56. The summed E-state index contributed by atoms with van der Waals surface area (Å²) in [6.07, 6.45) is 4.13. The lowest BCUT2D eigenvalue weighted by molar-refractivity contribution is 0.338. The van der Waals surface area contributed by atoms with E-state index in [9.17, 15) is 0 Å². The van der Waals surface area contributed by atoms with E-state index in [1.807, 2.05) is 32.1 Å². The van der Waals surface area contributed by atoms with Gasteiger partial charge in [0, 0.05) is 0 Å². The molecule has 1 rings (SSSR count).